The molecule has 104 valence electrons. The van der Waals surface area contributed by atoms with Gasteiger partial charge in [0.1, 0.15) is 18.9 Å². The van der Waals surface area contributed by atoms with Crippen LogP contribution in [0.3, 0.4) is 0 Å². The van der Waals surface area contributed by atoms with Crippen LogP contribution in [-0.2, 0) is 23.1 Å². The highest BCUT2D eigenvalue weighted by molar-refractivity contribution is 6.50. The summed E-state index contributed by atoms with van der Waals surface area (Å²) in [5.74, 6) is -0.140. The molecule has 1 aromatic rings. The summed E-state index contributed by atoms with van der Waals surface area (Å²) in [6, 6.07) is 0. The minimum absolute atomic E-state index is 0.140. The van der Waals surface area contributed by atoms with Gasteiger partial charge in [-0.15, -0.1) is 0 Å². The van der Waals surface area contributed by atoms with Crippen molar-refractivity contribution in [2.75, 3.05) is 6.61 Å². The van der Waals surface area contributed by atoms with Gasteiger partial charge in [0.25, 0.3) is 0 Å². The number of ether oxygens (including phenoxy) is 1. The number of imidazole rings is 1. The quantitative estimate of drug-likeness (QED) is 0.360. The molecule has 0 radical (unpaired) electrons. The van der Waals surface area contributed by atoms with E-state index in [-0.39, 0.29) is 5.97 Å². The maximum atomic E-state index is 11.0. The van der Waals surface area contributed by atoms with E-state index in [0.29, 0.717) is 19.6 Å². The monoisotopic (exact) mass is 270 g/mol. The summed E-state index contributed by atoms with van der Waals surface area (Å²) in [6.45, 7) is 2.95. The van der Waals surface area contributed by atoms with Gasteiger partial charge in [-0.2, -0.15) is 0 Å². The Hall–Kier alpha value is -1.54. The SMILES string of the molecule is CCOC(=O)CCn1cc[n+](C)c1.F[B-](F)(F)F. The number of esters is 1. The van der Waals surface area contributed by atoms with E-state index in [1.165, 1.54) is 0 Å². The van der Waals surface area contributed by atoms with Gasteiger partial charge in [-0.05, 0) is 6.92 Å². The molecule has 1 rings (SSSR count). The molecule has 0 unspecified atom stereocenters. The third-order valence-electron chi connectivity index (χ3n) is 1.70. The first-order chi connectivity index (χ1) is 8.22. The lowest BCUT2D eigenvalue weighted by Crippen LogP contribution is -2.24. The Morgan fingerprint density at radius 3 is 2.33 bits per heavy atom. The minimum Gasteiger partial charge on any atom is -0.466 e. The van der Waals surface area contributed by atoms with Crippen molar-refractivity contribution in [3.63, 3.8) is 0 Å². The molecular weight excluding hydrogens is 255 g/mol. The number of rotatable bonds is 4. The fourth-order valence-corrected chi connectivity index (χ4v) is 1.09. The first-order valence-corrected chi connectivity index (χ1v) is 5.26. The smallest absolute Gasteiger partial charge is 0.466 e. The summed E-state index contributed by atoms with van der Waals surface area (Å²) in [5.41, 5.74) is 0. The van der Waals surface area contributed by atoms with Crippen molar-refractivity contribution in [3.8, 4) is 0 Å². The van der Waals surface area contributed by atoms with Crippen molar-refractivity contribution in [2.45, 2.75) is 19.9 Å². The topological polar surface area (TPSA) is 35.1 Å². The second-order valence-electron chi connectivity index (χ2n) is 3.37. The molecule has 0 aromatic carbocycles. The number of aryl methyl sites for hydroxylation is 2. The van der Waals surface area contributed by atoms with Crippen LogP contribution in [0.2, 0.25) is 0 Å². The van der Waals surface area contributed by atoms with Crippen LogP contribution in [0, 0.1) is 0 Å². The summed E-state index contributed by atoms with van der Waals surface area (Å²) >= 11 is 0. The maximum absolute atomic E-state index is 11.0. The molecule has 0 spiro atoms. The summed E-state index contributed by atoms with van der Waals surface area (Å²) < 4.78 is 47.7. The van der Waals surface area contributed by atoms with Gasteiger partial charge in [0.05, 0.1) is 20.1 Å². The lowest BCUT2D eigenvalue weighted by molar-refractivity contribution is -0.671. The molecule has 0 atom stereocenters. The zero-order chi connectivity index (χ0) is 14.2. The molecule has 0 N–H and O–H groups in total. The average Bonchev–Trinajstić information content (AvgIpc) is 2.59. The van der Waals surface area contributed by atoms with Crippen LogP contribution in [0.5, 0.6) is 0 Å². The van der Waals surface area contributed by atoms with Crippen molar-refractivity contribution in [2.24, 2.45) is 7.05 Å². The van der Waals surface area contributed by atoms with Gasteiger partial charge in [-0.3, -0.25) is 4.79 Å². The summed E-state index contributed by atoms with van der Waals surface area (Å²) in [6.07, 6.45) is 6.23. The predicted octanol–water partition coefficient (Wildman–Crippen LogP) is 1.57. The summed E-state index contributed by atoms with van der Waals surface area (Å²) in [7, 11) is -4.05. The molecule has 4 nitrogen and oxygen atoms in total. The highest BCUT2D eigenvalue weighted by Gasteiger charge is 2.20. The van der Waals surface area contributed by atoms with E-state index in [2.05, 4.69) is 0 Å². The molecule has 0 aliphatic rings. The molecule has 0 amide bonds. The standard InChI is InChI=1S/C9H15N2O2.BF4/c1-3-13-9(12)4-5-11-7-6-10(2)8-11;2-1(3,4)5/h6-8H,3-5H2,1-2H3;/q+1;-1. The minimum atomic E-state index is -6.00. The summed E-state index contributed by atoms with van der Waals surface area (Å²) in [5, 5.41) is 0. The van der Waals surface area contributed by atoms with Crippen LogP contribution in [0.15, 0.2) is 18.7 Å². The average molecular weight is 270 g/mol. The van der Waals surface area contributed by atoms with E-state index in [1.54, 1.807) is 0 Å². The van der Waals surface area contributed by atoms with E-state index in [4.69, 9.17) is 4.74 Å². The fourth-order valence-electron chi connectivity index (χ4n) is 1.09. The van der Waals surface area contributed by atoms with Gasteiger partial charge >= 0.3 is 13.2 Å². The number of carbonyl (C=O) groups excluding carboxylic acids is 1. The molecule has 0 fully saturated rings. The second kappa shape index (κ2) is 7.73. The molecular formula is C9H15BF4N2O2. The first kappa shape index (κ1) is 16.5. The van der Waals surface area contributed by atoms with Gasteiger partial charge in [0.15, 0.2) is 0 Å². The Morgan fingerprint density at radius 1 is 1.39 bits per heavy atom. The second-order valence-corrected chi connectivity index (χ2v) is 3.37. The Labute approximate surface area is 102 Å². The highest BCUT2D eigenvalue weighted by Crippen LogP contribution is 2.06. The van der Waals surface area contributed by atoms with Gasteiger partial charge < -0.3 is 22.0 Å². The normalized spacial score (nSPS) is 10.6. The third-order valence-corrected chi connectivity index (χ3v) is 1.70. The predicted molar refractivity (Wildman–Crippen MR) is 57.0 cm³/mol. The number of hydrogen-bond donors (Lipinski definition) is 0. The van der Waals surface area contributed by atoms with Crippen molar-refractivity contribution >= 4 is 13.2 Å². The van der Waals surface area contributed by atoms with E-state index < -0.39 is 7.25 Å². The number of hydrogen-bond acceptors (Lipinski definition) is 2. The van der Waals surface area contributed by atoms with Crippen molar-refractivity contribution < 1.29 is 31.4 Å². The molecule has 0 aliphatic heterocycles. The van der Waals surface area contributed by atoms with E-state index in [1.807, 2.05) is 41.8 Å². The molecule has 1 heterocycles. The number of halogens is 4. The van der Waals surface area contributed by atoms with Crippen LogP contribution in [0.4, 0.5) is 17.3 Å². The van der Waals surface area contributed by atoms with E-state index in [0.717, 1.165) is 0 Å². The number of nitrogens with zero attached hydrogens (tertiary/aromatic N) is 2. The zero-order valence-electron chi connectivity index (χ0n) is 10.2. The Bertz CT molecular complexity index is 362. The van der Waals surface area contributed by atoms with Crippen LogP contribution in [0.1, 0.15) is 13.3 Å². The van der Waals surface area contributed by atoms with E-state index in [9.17, 15) is 22.1 Å². The Balaban J connectivity index is 0.000000494. The van der Waals surface area contributed by atoms with Crippen molar-refractivity contribution in [3.05, 3.63) is 18.7 Å². The molecule has 9 heteroatoms. The van der Waals surface area contributed by atoms with Crippen LogP contribution < -0.4 is 4.57 Å². The van der Waals surface area contributed by atoms with E-state index >= 15 is 0 Å². The first-order valence-electron chi connectivity index (χ1n) is 5.26. The Morgan fingerprint density at radius 2 is 1.94 bits per heavy atom. The molecule has 0 bridgehead atoms. The molecule has 0 saturated carbocycles. The maximum Gasteiger partial charge on any atom is 0.673 e. The molecule has 18 heavy (non-hydrogen) atoms. The highest BCUT2D eigenvalue weighted by atomic mass is 19.5. The van der Waals surface area contributed by atoms with Gasteiger partial charge in [-0.25, -0.2) is 9.13 Å². The van der Waals surface area contributed by atoms with Crippen LogP contribution in [-0.4, -0.2) is 24.4 Å². The van der Waals surface area contributed by atoms with Crippen LogP contribution in [0.25, 0.3) is 0 Å². The lowest BCUT2D eigenvalue weighted by atomic mass is 10.3. The van der Waals surface area contributed by atoms with Gasteiger partial charge in [0.2, 0.25) is 6.33 Å². The number of aromatic nitrogens is 2. The lowest BCUT2D eigenvalue weighted by Gasteiger charge is -1.98. The van der Waals surface area contributed by atoms with Gasteiger partial charge in [-0.1, -0.05) is 0 Å². The van der Waals surface area contributed by atoms with Gasteiger partial charge in [0, 0.05) is 0 Å². The number of carbonyl (C=O) groups is 1. The molecule has 0 aliphatic carbocycles. The van der Waals surface area contributed by atoms with Crippen LogP contribution >= 0.6 is 0 Å². The zero-order valence-corrected chi connectivity index (χ0v) is 10.2. The summed E-state index contributed by atoms with van der Waals surface area (Å²) in [4.78, 5) is 11.0. The van der Waals surface area contributed by atoms with Crippen molar-refractivity contribution in [1.82, 2.24) is 4.57 Å². The van der Waals surface area contributed by atoms with Crippen molar-refractivity contribution in [1.29, 1.82) is 0 Å². The fraction of sp³-hybridized carbons (Fsp3) is 0.556. The largest absolute Gasteiger partial charge is 0.673 e. The Kier molecular flexibility index (Phi) is 7.07. The molecule has 1 aromatic heterocycles. The molecule has 0 saturated heterocycles. The third kappa shape index (κ3) is 11.0.